The molecule has 9 nitrogen and oxygen atoms in total. The summed E-state index contributed by atoms with van der Waals surface area (Å²) >= 11 is 6.23. The summed E-state index contributed by atoms with van der Waals surface area (Å²) in [5.74, 6) is -3.44. The third-order valence-electron chi connectivity index (χ3n) is 6.03. The van der Waals surface area contributed by atoms with E-state index in [1.54, 1.807) is 50.4 Å². The molecule has 0 unspecified atom stereocenters. The molecule has 0 spiro atoms. The minimum absolute atomic E-state index is 0.0532. The molecule has 0 amide bonds. The molecule has 12 heteroatoms. The number of ether oxygens (including phenoxy) is 1. The number of aromatic nitrogens is 7. The molecule has 186 valence electrons. The molecule has 0 aliphatic carbocycles. The molecule has 0 aliphatic heterocycles. The highest BCUT2D eigenvalue weighted by Gasteiger charge is 2.40. The molecule has 0 saturated carbocycles. The van der Waals surface area contributed by atoms with Gasteiger partial charge in [0.25, 0.3) is 0 Å². The fraction of sp³-hybridized carbons (Fsp3) is 0.200. The molecule has 0 atom stereocenters. The van der Waals surface area contributed by atoms with Gasteiger partial charge in [-0.15, -0.1) is 5.10 Å². The second kappa shape index (κ2) is 9.55. The summed E-state index contributed by atoms with van der Waals surface area (Å²) in [7, 11) is 1.55. The van der Waals surface area contributed by atoms with Crippen molar-refractivity contribution >= 4 is 22.5 Å². The molecular weight excluding hydrogens is 502 g/mol. The van der Waals surface area contributed by atoms with Gasteiger partial charge in [0, 0.05) is 22.7 Å². The Balaban J connectivity index is 1.52. The van der Waals surface area contributed by atoms with Crippen LogP contribution in [0.15, 0.2) is 54.7 Å². The number of halogens is 3. The number of nitrogens with zero attached hydrogens (tertiary/aromatic N) is 8. The molecule has 0 bridgehead atoms. The number of nitriles is 1. The Bertz CT molecular complexity index is 1640. The topological polar surface area (TPSA) is 107 Å². The molecule has 3 heterocycles. The first-order valence-electron chi connectivity index (χ1n) is 11.1. The zero-order chi connectivity index (χ0) is 26.2. The van der Waals surface area contributed by atoms with Crippen molar-refractivity contribution in [2.45, 2.75) is 25.9 Å². The molecule has 5 aromatic rings. The standard InChI is InChI=1S/C25H19ClF2N8O/c1-15-20-8-5-18(11-22(20)35(32-15)14-21-17(12-29)9-10-30-23(21)26)25(27,28)24-31-33-34-36(24)13-16-3-6-19(37-2)7-4-16/h3-11H,13-14H2,1-2H3. The number of aryl methyl sites for hydroxylation is 1. The minimum Gasteiger partial charge on any atom is -0.497 e. The van der Waals surface area contributed by atoms with Crippen LogP contribution >= 0.6 is 11.6 Å². The van der Waals surface area contributed by atoms with Crippen molar-refractivity contribution in [3.63, 3.8) is 0 Å². The highest BCUT2D eigenvalue weighted by Crippen LogP contribution is 2.36. The smallest absolute Gasteiger partial charge is 0.333 e. The van der Waals surface area contributed by atoms with Crippen molar-refractivity contribution in [2.75, 3.05) is 7.11 Å². The monoisotopic (exact) mass is 520 g/mol. The fourth-order valence-corrected chi connectivity index (χ4v) is 4.31. The van der Waals surface area contributed by atoms with E-state index in [1.807, 2.05) is 0 Å². The Morgan fingerprint density at radius 2 is 1.86 bits per heavy atom. The molecule has 0 aliphatic rings. The van der Waals surface area contributed by atoms with Gasteiger partial charge >= 0.3 is 5.92 Å². The number of rotatable bonds is 7. The van der Waals surface area contributed by atoms with Crippen LogP contribution in [0.4, 0.5) is 8.78 Å². The summed E-state index contributed by atoms with van der Waals surface area (Å²) in [5, 5.41) is 25.7. The van der Waals surface area contributed by atoms with Crippen molar-refractivity contribution < 1.29 is 13.5 Å². The molecule has 0 N–H and O–H groups in total. The van der Waals surface area contributed by atoms with Crippen molar-refractivity contribution in [1.82, 2.24) is 35.0 Å². The lowest BCUT2D eigenvalue weighted by Crippen LogP contribution is -2.23. The van der Waals surface area contributed by atoms with E-state index in [-0.39, 0.29) is 23.8 Å². The first-order valence-corrected chi connectivity index (χ1v) is 11.5. The van der Waals surface area contributed by atoms with Gasteiger partial charge in [0.15, 0.2) is 0 Å². The van der Waals surface area contributed by atoms with Crippen LogP contribution in [0.1, 0.15) is 33.8 Å². The van der Waals surface area contributed by atoms with E-state index >= 15 is 8.78 Å². The molecule has 37 heavy (non-hydrogen) atoms. The molecule has 0 saturated heterocycles. The van der Waals surface area contributed by atoms with Gasteiger partial charge in [0.2, 0.25) is 5.82 Å². The predicted octanol–water partition coefficient (Wildman–Crippen LogP) is 4.50. The first kappa shape index (κ1) is 24.3. The van der Waals surface area contributed by atoms with Gasteiger partial charge in [-0.2, -0.15) is 19.1 Å². The van der Waals surface area contributed by atoms with Crippen LogP contribution in [0.5, 0.6) is 5.75 Å². The molecule has 0 radical (unpaired) electrons. The Morgan fingerprint density at radius 3 is 2.59 bits per heavy atom. The van der Waals surface area contributed by atoms with Crippen molar-refractivity contribution in [3.05, 3.63) is 93.7 Å². The Hall–Kier alpha value is -4.43. The quantitative estimate of drug-likeness (QED) is 0.291. The largest absolute Gasteiger partial charge is 0.497 e. The molecule has 3 aromatic heterocycles. The first-order chi connectivity index (χ1) is 17.8. The maximum Gasteiger partial charge on any atom is 0.333 e. The molecular formula is C25H19ClF2N8O. The van der Waals surface area contributed by atoms with Crippen LogP contribution in [-0.2, 0) is 19.0 Å². The van der Waals surface area contributed by atoms with Gasteiger partial charge in [0.05, 0.1) is 43.0 Å². The minimum atomic E-state index is -3.50. The highest BCUT2D eigenvalue weighted by molar-refractivity contribution is 6.30. The fourth-order valence-electron chi connectivity index (χ4n) is 4.10. The van der Waals surface area contributed by atoms with Crippen molar-refractivity contribution in [2.24, 2.45) is 0 Å². The summed E-state index contributed by atoms with van der Waals surface area (Å²) in [6.07, 6.45) is 1.44. The SMILES string of the molecule is COc1ccc(Cn2nnnc2C(F)(F)c2ccc3c(C)nn(Cc4c(C#N)ccnc4Cl)c3c2)cc1. The third-order valence-corrected chi connectivity index (χ3v) is 6.36. The van der Waals surface area contributed by atoms with E-state index < -0.39 is 11.7 Å². The number of hydrogen-bond acceptors (Lipinski definition) is 7. The van der Waals surface area contributed by atoms with Gasteiger partial charge in [-0.05, 0) is 47.2 Å². The third kappa shape index (κ3) is 4.47. The molecule has 0 fully saturated rings. The van der Waals surface area contributed by atoms with Crippen LogP contribution in [0.3, 0.4) is 0 Å². The van der Waals surface area contributed by atoms with Crippen molar-refractivity contribution in [1.29, 1.82) is 5.26 Å². The van der Waals surface area contributed by atoms with E-state index in [9.17, 15) is 5.26 Å². The summed E-state index contributed by atoms with van der Waals surface area (Å²) in [4.78, 5) is 4.04. The van der Waals surface area contributed by atoms with Gasteiger partial charge in [-0.1, -0.05) is 35.9 Å². The zero-order valence-corrected chi connectivity index (χ0v) is 20.5. The number of hydrogen-bond donors (Lipinski definition) is 0. The lowest BCUT2D eigenvalue weighted by Gasteiger charge is -2.17. The second-order valence-electron chi connectivity index (χ2n) is 8.30. The second-order valence-corrected chi connectivity index (χ2v) is 8.66. The predicted molar refractivity (Wildman–Crippen MR) is 130 cm³/mol. The normalized spacial score (nSPS) is 11.6. The van der Waals surface area contributed by atoms with E-state index in [0.29, 0.717) is 33.5 Å². The van der Waals surface area contributed by atoms with Crippen LogP contribution < -0.4 is 4.74 Å². The lowest BCUT2D eigenvalue weighted by atomic mass is 10.0. The van der Waals surface area contributed by atoms with Crippen LogP contribution in [0, 0.1) is 18.3 Å². The van der Waals surface area contributed by atoms with E-state index in [2.05, 4.69) is 31.7 Å². The summed E-state index contributed by atoms with van der Waals surface area (Å²) in [5.41, 5.74) is 2.32. The average Bonchev–Trinajstić information content (AvgIpc) is 3.50. The van der Waals surface area contributed by atoms with Gasteiger partial charge in [0.1, 0.15) is 10.9 Å². The van der Waals surface area contributed by atoms with Gasteiger partial charge in [-0.25, -0.2) is 9.67 Å². The zero-order valence-electron chi connectivity index (χ0n) is 19.7. The van der Waals surface area contributed by atoms with Crippen LogP contribution in [-0.4, -0.2) is 42.1 Å². The van der Waals surface area contributed by atoms with Crippen LogP contribution in [0.25, 0.3) is 10.9 Å². The van der Waals surface area contributed by atoms with E-state index in [4.69, 9.17) is 16.3 Å². The molecule has 2 aromatic carbocycles. The number of tetrazole rings is 1. The summed E-state index contributed by atoms with van der Waals surface area (Å²) in [6, 6.07) is 14.9. The number of methoxy groups -OCH3 is 1. The van der Waals surface area contributed by atoms with E-state index in [1.165, 1.54) is 23.0 Å². The van der Waals surface area contributed by atoms with Gasteiger partial charge in [-0.3, -0.25) is 4.68 Å². The Labute approximate surface area is 214 Å². The highest BCUT2D eigenvalue weighted by atomic mass is 35.5. The summed E-state index contributed by atoms with van der Waals surface area (Å²) < 4.78 is 39.3. The van der Waals surface area contributed by atoms with Crippen LogP contribution in [0.2, 0.25) is 5.15 Å². The average molecular weight is 521 g/mol. The number of fused-ring (bicyclic) bond motifs is 1. The Morgan fingerprint density at radius 1 is 1.08 bits per heavy atom. The van der Waals surface area contributed by atoms with Crippen molar-refractivity contribution in [3.8, 4) is 11.8 Å². The maximum absolute atomic E-state index is 15.8. The summed E-state index contributed by atoms with van der Waals surface area (Å²) in [6.45, 7) is 1.92. The maximum atomic E-state index is 15.8. The number of alkyl halides is 2. The van der Waals surface area contributed by atoms with Gasteiger partial charge < -0.3 is 4.74 Å². The lowest BCUT2D eigenvalue weighted by molar-refractivity contribution is 0.0281. The number of benzene rings is 2. The Kier molecular flexibility index (Phi) is 6.27. The molecule has 5 rings (SSSR count). The number of pyridine rings is 1. The van der Waals surface area contributed by atoms with E-state index in [0.717, 1.165) is 10.2 Å².